The summed E-state index contributed by atoms with van der Waals surface area (Å²) in [6, 6.07) is 3.30. The summed E-state index contributed by atoms with van der Waals surface area (Å²) < 4.78 is 25.0. The number of aromatic amines is 1. The zero-order valence-electron chi connectivity index (χ0n) is 10.4. The van der Waals surface area contributed by atoms with Crippen LogP contribution in [0.4, 0.5) is 0 Å². The van der Waals surface area contributed by atoms with E-state index in [1.165, 1.54) is 6.92 Å². The summed E-state index contributed by atoms with van der Waals surface area (Å²) in [5, 5.41) is 9.61. The quantitative estimate of drug-likeness (QED) is 0.797. The molecule has 0 saturated heterocycles. The van der Waals surface area contributed by atoms with Crippen LogP contribution in [-0.4, -0.2) is 18.5 Å². The second-order valence-corrected chi connectivity index (χ2v) is 7.27. The van der Waals surface area contributed by atoms with E-state index in [0.717, 1.165) is 18.2 Å². The summed E-state index contributed by atoms with van der Waals surface area (Å²) in [7, 11) is -4.36. The second-order valence-electron chi connectivity index (χ2n) is 4.20. The van der Waals surface area contributed by atoms with Crippen molar-refractivity contribution in [3.63, 3.8) is 0 Å². The molecule has 0 aliphatic carbocycles. The summed E-state index contributed by atoms with van der Waals surface area (Å²) in [4.78, 5) is 12.9. The zero-order valence-corrected chi connectivity index (χ0v) is 13.5. The highest BCUT2D eigenvalue weighted by molar-refractivity contribution is 7.91. The number of sulfone groups is 1. The Bertz CT molecular complexity index is 890. The molecule has 2 aromatic rings. The molecule has 112 valence electrons. The van der Waals surface area contributed by atoms with Gasteiger partial charge in [-0.05, 0) is 19.1 Å². The number of hydrogen-bond acceptors (Lipinski definition) is 4. The van der Waals surface area contributed by atoms with E-state index in [-0.39, 0.29) is 15.1 Å². The van der Waals surface area contributed by atoms with E-state index in [4.69, 9.17) is 34.8 Å². The first-order valence-corrected chi connectivity index (χ1v) is 8.09. The molecular weight excluding hydrogens is 361 g/mol. The standard InChI is InChI=1S/C12H8Cl3NO4S/c1-5-2-9(17)11(12(18)16-5)21(19,20)10-4-7(14)6(13)3-8(10)15/h2-4H,1H3,(H2,16,17,18). The maximum absolute atomic E-state index is 12.5. The van der Waals surface area contributed by atoms with Gasteiger partial charge in [-0.2, -0.15) is 0 Å². The van der Waals surface area contributed by atoms with E-state index >= 15 is 0 Å². The molecule has 9 heteroatoms. The third-order valence-electron chi connectivity index (χ3n) is 2.64. The molecule has 1 aromatic heterocycles. The number of halogens is 3. The predicted molar refractivity (Wildman–Crippen MR) is 80.4 cm³/mol. The summed E-state index contributed by atoms with van der Waals surface area (Å²) in [6.07, 6.45) is 0. The van der Waals surface area contributed by atoms with E-state index in [0.29, 0.717) is 5.69 Å². The molecule has 0 radical (unpaired) electrons. The summed E-state index contributed by atoms with van der Waals surface area (Å²) >= 11 is 17.4. The fourth-order valence-electron chi connectivity index (χ4n) is 1.74. The molecule has 1 aromatic carbocycles. The van der Waals surface area contributed by atoms with Gasteiger partial charge in [-0.1, -0.05) is 34.8 Å². The Morgan fingerprint density at radius 3 is 2.19 bits per heavy atom. The number of aryl methyl sites for hydroxylation is 1. The Hall–Kier alpha value is -1.21. The van der Waals surface area contributed by atoms with Crippen molar-refractivity contribution in [2.45, 2.75) is 16.7 Å². The van der Waals surface area contributed by atoms with Crippen LogP contribution < -0.4 is 5.56 Å². The summed E-state index contributed by atoms with van der Waals surface area (Å²) in [6.45, 7) is 1.50. The Balaban J connectivity index is 2.81. The molecule has 0 aliphatic heterocycles. The molecular formula is C12H8Cl3NO4S. The van der Waals surface area contributed by atoms with Crippen LogP contribution in [0, 0.1) is 6.92 Å². The first-order chi connectivity index (χ1) is 9.64. The molecule has 2 rings (SSSR count). The van der Waals surface area contributed by atoms with E-state index in [1.54, 1.807) is 0 Å². The van der Waals surface area contributed by atoms with E-state index in [2.05, 4.69) is 4.98 Å². The number of nitrogens with one attached hydrogen (secondary N) is 1. The van der Waals surface area contributed by atoms with Gasteiger partial charge in [0.15, 0.2) is 4.90 Å². The highest BCUT2D eigenvalue weighted by Gasteiger charge is 2.28. The van der Waals surface area contributed by atoms with Gasteiger partial charge in [0.1, 0.15) is 5.75 Å². The Morgan fingerprint density at radius 1 is 1.05 bits per heavy atom. The fraction of sp³-hybridized carbons (Fsp3) is 0.0833. The average molecular weight is 369 g/mol. The normalized spacial score (nSPS) is 11.6. The highest BCUT2D eigenvalue weighted by atomic mass is 35.5. The van der Waals surface area contributed by atoms with Crippen molar-refractivity contribution < 1.29 is 13.5 Å². The molecule has 0 fully saturated rings. The van der Waals surface area contributed by atoms with Crippen molar-refractivity contribution in [2.75, 3.05) is 0 Å². The Labute approximate surface area is 135 Å². The van der Waals surface area contributed by atoms with Gasteiger partial charge < -0.3 is 10.1 Å². The van der Waals surface area contributed by atoms with Gasteiger partial charge in [-0.15, -0.1) is 0 Å². The maximum atomic E-state index is 12.5. The van der Waals surface area contributed by atoms with Crippen LogP contribution in [0.1, 0.15) is 5.69 Å². The summed E-state index contributed by atoms with van der Waals surface area (Å²) in [5.74, 6) is -0.668. The minimum Gasteiger partial charge on any atom is -0.506 e. The Morgan fingerprint density at radius 2 is 1.62 bits per heavy atom. The topological polar surface area (TPSA) is 87.2 Å². The molecule has 0 saturated carbocycles. The van der Waals surface area contributed by atoms with Gasteiger partial charge in [0.05, 0.1) is 20.0 Å². The second kappa shape index (κ2) is 5.53. The number of hydrogen-bond donors (Lipinski definition) is 2. The van der Waals surface area contributed by atoms with Crippen molar-refractivity contribution in [2.24, 2.45) is 0 Å². The largest absolute Gasteiger partial charge is 0.506 e. The lowest BCUT2D eigenvalue weighted by Gasteiger charge is -2.09. The Kier molecular flexibility index (Phi) is 4.26. The number of aromatic hydroxyl groups is 1. The van der Waals surface area contributed by atoms with Crippen LogP contribution in [0.15, 0.2) is 32.8 Å². The number of benzene rings is 1. The SMILES string of the molecule is Cc1cc(O)c(S(=O)(=O)c2cc(Cl)c(Cl)cc2Cl)c(=O)[nH]1. The minimum absolute atomic E-state index is 0.0392. The summed E-state index contributed by atoms with van der Waals surface area (Å²) in [5.41, 5.74) is -0.633. The first-order valence-electron chi connectivity index (χ1n) is 5.47. The molecule has 5 nitrogen and oxygen atoms in total. The van der Waals surface area contributed by atoms with Crippen LogP contribution in [0.3, 0.4) is 0 Å². The molecule has 2 N–H and O–H groups in total. The van der Waals surface area contributed by atoms with Crippen molar-refractivity contribution in [1.82, 2.24) is 4.98 Å². The van der Waals surface area contributed by atoms with E-state index in [9.17, 15) is 18.3 Å². The van der Waals surface area contributed by atoms with Gasteiger partial charge in [0, 0.05) is 11.8 Å². The van der Waals surface area contributed by atoms with Crippen LogP contribution >= 0.6 is 34.8 Å². The molecule has 0 aliphatic rings. The third kappa shape index (κ3) is 2.89. The van der Waals surface area contributed by atoms with Crippen LogP contribution in [-0.2, 0) is 9.84 Å². The van der Waals surface area contributed by atoms with Crippen LogP contribution in [0.2, 0.25) is 15.1 Å². The number of H-pyrrole nitrogens is 1. The molecule has 0 atom stereocenters. The molecule has 21 heavy (non-hydrogen) atoms. The van der Waals surface area contributed by atoms with Gasteiger partial charge in [0.2, 0.25) is 9.84 Å². The van der Waals surface area contributed by atoms with Gasteiger partial charge in [-0.25, -0.2) is 8.42 Å². The van der Waals surface area contributed by atoms with Gasteiger partial charge >= 0.3 is 0 Å². The van der Waals surface area contributed by atoms with Crippen molar-refractivity contribution in [1.29, 1.82) is 0 Å². The van der Waals surface area contributed by atoms with Crippen molar-refractivity contribution in [3.05, 3.63) is 49.3 Å². The van der Waals surface area contributed by atoms with Crippen molar-refractivity contribution in [3.8, 4) is 5.75 Å². The molecule has 0 amide bonds. The number of aromatic nitrogens is 1. The fourth-order valence-corrected chi connectivity index (χ4v) is 4.09. The third-order valence-corrected chi connectivity index (χ3v) is 5.63. The smallest absolute Gasteiger partial charge is 0.271 e. The van der Waals surface area contributed by atoms with Gasteiger partial charge in [-0.3, -0.25) is 4.79 Å². The van der Waals surface area contributed by atoms with E-state index in [1.807, 2.05) is 0 Å². The lowest BCUT2D eigenvalue weighted by atomic mass is 10.3. The lowest BCUT2D eigenvalue weighted by molar-refractivity contribution is 0.455. The maximum Gasteiger partial charge on any atom is 0.271 e. The predicted octanol–water partition coefficient (Wildman–Crippen LogP) is 3.18. The lowest BCUT2D eigenvalue weighted by Crippen LogP contribution is -2.19. The van der Waals surface area contributed by atoms with Crippen molar-refractivity contribution >= 4 is 44.6 Å². The monoisotopic (exact) mass is 367 g/mol. The average Bonchev–Trinajstić information content (AvgIpc) is 2.31. The minimum atomic E-state index is -4.36. The molecule has 0 bridgehead atoms. The van der Waals surface area contributed by atoms with E-state index < -0.39 is 30.9 Å². The molecule has 0 spiro atoms. The van der Waals surface area contributed by atoms with Crippen LogP contribution in [0.5, 0.6) is 5.75 Å². The highest BCUT2D eigenvalue weighted by Crippen LogP contribution is 2.35. The zero-order chi connectivity index (χ0) is 15.9. The molecule has 0 unspecified atom stereocenters. The molecule has 1 heterocycles. The number of rotatable bonds is 2. The van der Waals surface area contributed by atoms with Crippen LogP contribution in [0.25, 0.3) is 0 Å². The van der Waals surface area contributed by atoms with Gasteiger partial charge in [0.25, 0.3) is 5.56 Å². The number of pyridine rings is 1. The first kappa shape index (κ1) is 16.2.